The maximum Gasteiger partial charge on any atom is 0.394 e. The molecule has 1 amide bonds. The van der Waals surface area contributed by atoms with Crippen LogP contribution in [0.2, 0.25) is 0 Å². The molecule has 212 valence electrons. The number of nitrogens with one attached hydrogen (secondary N) is 1. The zero-order valence-corrected chi connectivity index (χ0v) is 23.2. The van der Waals surface area contributed by atoms with Crippen molar-refractivity contribution in [1.29, 1.82) is 0 Å². The van der Waals surface area contributed by atoms with Gasteiger partial charge >= 0.3 is 7.60 Å². The molecule has 0 aromatic carbocycles. The fourth-order valence-electron chi connectivity index (χ4n) is 4.45. The quantitative estimate of drug-likeness (QED) is 0.211. The van der Waals surface area contributed by atoms with Crippen LogP contribution < -0.4 is 9.94 Å². The maximum atomic E-state index is 14.7. The number of pyridine rings is 1. The summed E-state index contributed by atoms with van der Waals surface area (Å²) in [5, 5.41) is 13.0. The van der Waals surface area contributed by atoms with Crippen molar-refractivity contribution >= 4 is 30.5 Å². The van der Waals surface area contributed by atoms with Crippen molar-refractivity contribution in [1.82, 2.24) is 29.7 Å². The van der Waals surface area contributed by atoms with Crippen LogP contribution in [0.4, 0.5) is 14.5 Å². The molecule has 16 heteroatoms. The Bertz CT molecular complexity index is 1560. The normalized spacial score (nSPS) is 18.8. The van der Waals surface area contributed by atoms with Crippen molar-refractivity contribution in [3.63, 3.8) is 0 Å². The monoisotopic (exact) mass is 593 g/mol. The van der Waals surface area contributed by atoms with Crippen molar-refractivity contribution in [2.75, 3.05) is 18.6 Å². The molecule has 4 aromatic rings. The Balaban J connectivity index is 1.39. The Morgan fingerprint density at radius 3 is 2.70 bits per heavy atom. The van der Waals surface area contributed by atoms with E-state index in [-0.39, 0.29) is 34.9 Å². The zero-order valence-electron chi connectivity index (χ0n) is 21.5. The number of anilines is 1. The van der Waals surface area contributed by atoms with Crippen LogP contribution in [0.1, 0.15) is 49.1 Å². The Hall–Kier alpha value is -3.52. The molecule has 4 aromatic heterocycles. The highest BCUT2D eigenvalue weighted by atomic mass is 32.1. The second-order valence-electron chi connectivity index (χ2n) is 9.23. The number of rotatable bonds is 9. The highest BCUT2D eigenvalue weighted by molar-refractivity contribution is 7.52. The summed E-state index contributed by atoms with van der Waals surface area (Å²) in [5.74, 6) is -2.26. The molecule has 0 aliphatic heterocycles. The van der Waals surface area contributed by atoms with E-state index in [1.807, 2.05) is 6.92 Å². The van der Waals surface area contributed by atoms with Gasteiger partial charge in [-0.3, -0.25) is 9.48 Å². The number of nitrogens with zero attached hydrogens (tertiary/aromatic N) is 6. The van der Waals surface area contributed by atoms with Crippen LogP contribution in [0, 0.1) is 11.8 Å². The highest BCUT2D eigenvalue weighted by Gasteiger charge is 2.27. The summed E-state index contributed by atoms with van der Waals surface area (Å²) in [4.78, 5) is 31.4. The van der Waals surface area contributed by atoms with Crippen LogP contribution >= 0.6 is 18.9 Å². The topological polar surface area (TPSA) is 146 Å². The SMILES string of the molecule is CCOC1CCC(n2cc(NC(=O)c3csc(-c4cnn(OP(C)(=O)O)c4)n3)c(-c3nc(F)ccc3F)n2)CC1. The number of amides is 1. The fraction of sp³-hybridized carbons (Fsp3) is 0.375. The third-order valence-corrected chi connectivity index (χ3v) is 7.58. The first-order valence-electron chi connectivity index (χ1n) is 12.4. The smallest absolute Gasteiger partial charge is 0.379 e. The van der Waals surface area contributed by atoms with Crippen LogP contribution in [-0.2, 0) is 9.30 Å². The standard InChI is InChI=1S/C24H26F2N7O5PS/c1-3-37-16-6-4-15(5-7-16)32-12-18(22(31-32)21-17(25)8-9-20(26)30-21)28-23(34)19-13-40-24(29-19)14-10-27-33(11-14)38-39(2,35)36/h8-13,15-16H,3-7H2,1-2H3,(H,28,34)(H,35,36). The van der Waals surface area contributed by atoms with Gasteiger partial charge in [-0.15, -0.1) is 16.4 Å². The number of hydrogen-bond acceptors (Lipinski definition) is 9. The molecule has 5 rings (SSSR count). The molecule has 1 atom stereocenters. The molecule has 1 aliphatic rings. The molecule has 1 fully saturated rings. The van der Waals surface area contributed by atoms with Crippen molar-refractivity contribution in [2.45, 2.75) is 44.8 Å². The van der Waals surface area contributed by atoms with E-state index >= 15 is 0 Å². The van der Waals surface area contributed by atoms with Crippen molar-refractivity contribution < 1.29 is 32.4 Å². The van der Waals surface area contributed by atoms with Gasteiger partial charge in [0.2, 0.25) is 5.95 Å². The Morgan fingerprint density at radius 1 is 1.20 bits per heavy atom. The molecule has 12 nitrogen and oxygen atoms in total. The van der Waals surface area contributed by atoms with Gasteiger partial charge in [-0.25, -0.2) is 18.9 Å². The summed E-state index contributed by atoms with van der Waals surface area (Å²) in [6.07, 6.45) is 7.70. The van der Waals surface area contributed by atoms with Crippen molar-refractivity contribution in [3.05, 3.63) is 53.6 Å². The van der Waals surface area contributed by atoms with E-state index in [9.17, 15) is 23.0 Å². The molecule has 40 heavy (non-hydrogen) atoms. The van der Waals surface area contributed by atoms with Crippen LogP contribution in [0.5, 0.6) is 0 Å². The number of hydrogen-bond donors (Lipinski definition) is 2. The zero-order chi connectivity index (χ0) is 28.4. The van der Waals surface area contributed by atoms with Gasteiger partial charge in [-0.05, 0) is 44.7 Å². The van der Waals surface area contributed by atoms with Crippen molar-refractivity contribution in [2.24, 2.45) is 0 Å². The van der Waals surface area contributed by atoms with Gasteiger partial charge in [0.25, 0.3) is 5.91 Å². The van der Waals surface area contributed by atoms with E-state index in [1.54, 1.807) is 10.9 Å². The van der Waals surface area contributed by atoms with E-state index < -0.39 is 25.3 Å². The lowest BCUT2D eigenvalue weighted by atomic mass is 9.93. The molecular formula is C24H26F2N7O5PS. The van der Waals surface area contributed by atoms with Gasteiger partial charge in [0.1, 0.15) is 22.1 Å². The predicted molar refractivity (Wildman–Crippen MR) is 142 cm³/mol. The minimum absolute atomic E-state index is 0.000779. The predicted octanol–water partition coefficient (Wildman–Crippen LogP) is 4.56. The second-order valence-corrected chi connectivity index (χ2v) is 11.9. The minimum atomic E-state index is -3.82. The van der Waals surface area contributed by atoms with Crippen LogP contribution in [0.15, 0.2) is 36.1 Å². The average Bonchev–Trinajstić information content (AvgIpc) is 3.65. The van der Waals surface area contributed by atoms with E-state index in [0.717, 1.165) is 60.7 Å². The molecule has 0 saturated heterocycles. The number of carbonyl (C=O) groups is 1. The van der Waals surface area contributed by atoms with Crippen LogP contribution in [0.25, 0.3) is 22.0 Å². The number of carbonyl (C=O) groups excluding carboxylic acids is 1. The fourth-order valence-corrected chi connectivity index (χ4v) is 5.63. The average molecular weight is 594 g/mol. The van der Waals surface area contributed by atoms with Gasteiger partial charge < -0.3 is 19.6 Å². The number of ether oxygens (including phenoxy) is 1. The Labute approximate surface area is 231 Å². The summed E-state index contributed by atoms with van der Waals surface area (Å²) in [5.41, 5.74) is 0.353. The lowest BCUT2D eigenvalue weighted by molar-refractivity contribution is 0.0260. The summed E-state index contributed by atoms with van der Waals surface area (Å²) < 4.78 is 52.3. The largest absolute Gasteiger partial charge is 0.394 e. The highest BCUT2D eigenvalue weighted by Crippen LogP contribution is 2.35. The molecule has 4 heterocycles. The Kier molecular flexibility index (Phi) is 8.08. The molecule has 0 radical (unpaired) electrons. The van der Waals surface area contributed by atoms with Gasteiger partial charge in [0.15, 0.2) is 5.82 Å². The van der Waals surface area contributed by atoms with E-state index in [0.29, 0.717) is 17.2 Å². The minimum Gasteiger partial charge on any atom is -0.379 e. The van der Waals surface area contributed by atoms with E-state index in [2.05, 4.69) is 25.5 Å². The maximum absolute atomic E-state index is 14.7. The number of halogens is 2. The molecule has 1 unspecified atom stereocenters. The molecular weight excluding hydrogens is 567 g/mol. The lowest BCUT2D eigenvalue weighted by Gasteiger charge is -2.28. The third-order valence-electron chi connectivity index (χ3n) is 6.22. The molecule has 0 bridgehead atoms. The summed E-state index contributed by atoms with van der Waals surface area (Å²) in [6, 6.07) is 1.85. The molecule has 1 saturated carbocycles. The Morgan fingerprint density at radius 2 is 1.98 bits per heavy atom. The first-order chi connectivity index (χ1) is 19.1. The first kappa shape index (κ1) is 28.0. The molecule has 0 spiro atoms. The van der Waals surface area contributed by atoms with E-state index in [1.165, 1.54) is 17.8 Å². The van der Waals surface area contributed by atoms with Gasteiger partial charge in [0.05, 0.1) is 42.5 Å². The molecule has 1 aliphatic carbocycles. The third kappa shape index (κ3) is 6.44. The molecule has 2 N–H and O–H groups in total. The van der Waals surface area contributed by atoms with Gasteiger partial charge in [-0.1, -0.05) is 4.85 Å². The van der Waals surface area contributed by atoms with Crippen LogP contribution in [-0.4, -0.2) is 59.9 Å². The summed E-state index contributed by atoms with van der Waals surface area (Å²) >= 11 is 1.14. The van der Waals surface area contributed by atoms with Gasteiger partial charge in [0, 0.05) is 18.2 Å². The lowest BCUT2D eigenvalue weighted by Crippen LogP contribution is -2.24. The van der Waals surface area contributed by atoms with Gasteiger partial charge in [-0.2, -0.15) is 9.49 Å². The number of aromatic nitrogens is 6. The van der Waals surface area contributed by atoms with Crippen molar-refractivity contribution in [3.8, 4) is 22.0 Å². The summed E-state index contributed by atoms with van der Waals surface area (Å²) in [7, 11) is -3.82. The van der Waals surface area contributed by atoms with E-state index in [4.69, 9.17) is 9.36 Å². The number of thiazole rings is 1. The van der Waals surface area contributed by atoms with Crippen LogP contribution in [0.3, 0.4) is 0 Å². The summed E-state index contributed by atoms with van der Waals surface area (Å²) in [6.45, 7) is 3.61. The first-order valence-corrected chi connectivity index (χ1v) is 15.4. The second kappa shape index (κ2) is 11.5.